The molecule has 0 unspecified atom stereocenters. The fourth-order valence-corrected chi connectivity index (χ4v) is 1.76. The fourth-order valence-electron chi connectivity index (χ4n) is 1.44. The molecule has 0 spiro atoms. The summed E-state index contributed by atoms with van der Waals surface area (Å²) in [4.78, 5) is 12.0. The first-order chi connectivity index (χ1) is 8.09. The third-order valence-electron chi connectivity index (χ3n) is 2.28. The van der Waals surface area contributed by atoms with Crippen molar-refractivity contribution < 1.29 is 9.18 Å². The van der Waals surface area contributed by atoms with Crippen molar-refractivity contribution in [1.29, 1.82) is 0 Å². The molecule has 1 nitrogen and oxygen atoms in total. The molecule has 0 fully saturated rings. The number of halogens is 3. The van der Waals surface area contributed by atoms with Gasteiger partial charge in [0.15, 0.2) is 5.78 Å². The second-order valence-corrected chi connectivity index (χ2v) is 4.23. The highest BCUT2D eigenvalue weighted by molar-refractivity contribution is 6.42. The third-order valence-corrected chi connectivity index (χ3v) is 3.06. The van der Waals surface area contributed by atoms with Crippen LogP contribution < -0.4 is 0 Å². The molecule has 4 heteroatoms. The summed E-state index contributed by atoms with van der Waals surface area (Å²) in [5, 5.41) is -0.137. The van der Waals surface area contributed by atoms with Crippen LogP contribution in [0.4, 0.5) is 4.39 Å². The summed E-state index contributed by atoms with van der Waals surface area (Å²) in [5.74, 6) is -0.985. The van der Waals surface area contributed by atoms with Crippen molar-refractivity contribution in [3.63, 3.8) is 0 Å². The van der Waals surface area contributed by atoms with Crippen LogP contribution >= 0.6 is 23.2 Å². The van der Waals surface area contributed by atoms with Crippen LogP contribution in [0.25, 0.3) is 0 Å². The molecular formula is C13H7Cl2FO. The Morgan fingerprint density at radius 3 is 2.24 bits per heavy atom. The lowest BCUT2D eigenvalue weighted by atomic mass is 10.0. The number of carbonyl (C=O) groups excluding carboxylic acids is 1. The van der Waals surface area contributed by atoms with Gasteiger partial charge in [-0.05, 0) is 12.1 Å². The first-order valence-electron chi connectivity index (χ1n) is 4.84. The molecule has 0 aliphatic carbocycles. The van der Waals surface area contributed by atoms with Gasteiger partial charge in [0.25, 0.3) is 0 Å². The van der Waals surface area contributed by atoms with Crippen LogP contribution in [-0.4, -0.2) is 5.78 Å². The monoisotopic (exact) mass is 268 g/mol. The molecule has 2 rings (SSSR count). The number of rotatable bonds is 2. The van der Waals surface area contributed by atoms with E-state index in [2.05, 4.69) is 0 Å². The summed E-state index contributed by atoms with van der Waals surface area (Å²) in [7, 11) is 0. The van der Waals surface area contributed by atoms with Gasteiger partial charge in [-0.3, -0.25) is 4.79 Å². The molecule has 17 heavy (non-hydrogen) atoms. The van der Waals surface area contributed by atoms with Crippen LogP contribution in [0, 0.1) is 5.82 Å². The van der Waals surface area contributed by atoms with Crippen LogP contribution in [0.15, 0.2) is 42.5 Å². The van der Waals surface area contributed by atoms with Crippen LogP contribution in [0.3, 0.4) is 0 Å². The Kier molecular flexibility index (Phi) is 3.46. The molecule has 0 aromatic heterocycles. The number of carbonyl (C=O) groups is 1. The van der Waals surface area contributed by atoms with Gasteiger partial charge < -0.3 is 0 Å². The smallest absolute Gasteiger partial charge is 0.193 e. The minimum absolute atomic E-state index is 0.0333. The lowest BCUT2D eigenvalue weighted by Crippen LogP contribution is -2.01. The average molecular weight is 269 g/mol. The number of benzene rings is 2. The molecule has 0 amide bonds. The highest BCUT2D eigenvalue weighted by Gasteiger charge is 2.13. The average Bonchev–Trinajstić information content (AvgIpc) is 2.35. The Morgan fingerprint density at radius 1 is 1.00 bits per heavy atom. The highest BCUT2D eigenvalue weighted by Crippen LogP contribution is 2.27. The predicted molar refractivity (Wildman–Crippen MR) is 66.3 cm³/mol. The van der Waals surface area contributed by atoms with Crippen LogP contribution in [0.5, 0.6) is 0 Å². The lowest BCUT2D eigenvalue weighted by Gasteiger charge is -2.04. The van der Waals surface area contributed by atoms with Crippen molar-refractivity contribution >= 4 is 29.0 Å². The van der Waals surface area contributed by atoms with Gasteiger partial charge in [0.2, 0.25) is 0 Å². The first-order valence-corrected chi connectivity index (χ1v) is 5.59. The maximum atomic E-state index is 13.3. The Balaban J connectivity index is 2.45. The van der Waals surface area contributed by atoms with Crippen molar-refractivity contribution in [1.82, 2.24) is 0 Å². The Bertz CT molecular complexity index is 544. The zero-order chi connectivity index (χ0) is 12.4. The Hall–Kier alpha value is -1.38. The summed E-state index contributed by atoms with van der Waals surface area (Å²) in [5.41, 5.74) is 0.661. The molecule has 0 atom stereocenters. The normalized spacial score (nSPS) is 10.3. The van der Waals surface area contributed by atoms with Crippen molar-refractivity contribution in [3.05, 3.63) is 69.5 Å². The van der Waals surface area contributed by atoms with Gasteiger partial charge in [-0.2, -0.15) is 0 Å². The van der Waals surface area contributed by atoms with Crippen LogP contribution in [0.1, 0.15) is 15.9 Å². The SMILES string of the molecule is O=C(c1ccccc1)c1cc(F)c(Cl)c(Cl)c1. The van der Waals surface area contributed by atoms with Gasteiger partial charge in [-0.1, -0.05) is 53.5 Å². The van der Waals surface area contributed by atoms with E-state index in [0.29, 0.717) is 5.56 Å². The molecule has 0 heterocycles. The zero-order valence-corrected chi connectivity index (χ0v) is 10.1. The van der Waals surface area contributed by atoms with E-state index in [4.69, 9.17) is 23.2 Å². The molecule has 0 saturated heterocycles. The molecule has 0 bridgehead atoms. The van der Waals surface area contributed by atoms with Gasteiger partial charge >= 0.3 is 0 Å². The molecule has 0 radical (unpaired) electrons. The minimum atomic E-state index is -0.696. The molecule has 2 aromatic rings. The predicted octanol–water partition coefficient (Wildman–Crippen LogP) is 4.36. The molecule has 0 aliphatic rings. The molecule has 86 valence electrons. The summed E-state index contributed by atoms with van der Waals surface area (Å²) >= 11 is 11.3. The highest BCUT2D eigenvalue weighted by atomic mass is 35.5. The van der Waals surface area contributed by atoms with E-state index in [1.54, 1.807) is 30.3 Å². The maximum absolute atomic E-state index is 13.3. The molecule has 0 saturated carbocycles. The van der Waals surface area contributed by atoms with Crippen molar-refractivity contribution in [3.8, 4) is 0 Å². The van der Waals surface area contributed by atoms with E-state index >= 15 is 0 Å². The number of hydrogen-bond donors (Lipinski definition) is 0. The zero-order valence-electron chi connectivity index (χ0n) is 8.58. The van der Waals surface area contributed by atoms with E-state index in [-0.39, 0.29) is 21.4 Å². The quantitative estimate of drug-likeness (QED) is 0.584. The second-order valence-electron chi connectivity index (χ2n) is 3.45. The van der Waals surface area contributed by atoms with Crippen molar-refractivity contribution in [2.24, 2.45) is 0 Å². The molecule has 0 N–H and O–H groups in total. The topological polar surface area (TPSA) is 17.1 Å². The van der Waals surface area contributed by atoms with Gasteiger partial charge in [0, 0.05) is 11.1 Å². The molecule has 0 aliphatic heterocycles. The van der Waals surface area contributed by atoms with E-state index in [1.807, 2.05) is 0 Å². The van der Waals surface area contributed by atoms with Gasteiger partial charge in [-0.25, -0.2) is 4.39 Å². The number of hydrogen-bond acceptors (Lipinski definition) is 1. The minimum Gasteiger partial charge on any atom is -0.289 e. The van der Waals surface area contributed by atoms with Crippen molar-refractivity contribution in [2.75, 3.05) is 0 Å². The van der Waals surface area contributed by atoms with E-state index in [0.717, 1.165) is 6.07 Å². The fraction of sp³-hybridized carbons (Fsp3) is 0. The third kappa shape index (κ3) is 2.48. The molecular weight excluding hydrogens is 262 g/mol. The second kappa shape index (κ2) is 4.86. The van der Waals surface area contributed by atoms with Crippen LogP contribution in [-0.2, 0) is 0 Å². The molecule has 2 aromatic carbocycles. The van der Waals surface area contributed by atoms with E-state index < -0.39 is 5.82 Å². The summed E-state index contributed by atoms with van der Waals surface area (Å²) in [6, 6.07) is 11.0. The Morgan fingerprint density at radius 2 is 1.65 bits per heavy atom. The summed E-state index contributed by atoms with van der Waals surface area (Å²) in [6.45, 7) is 0. The lowest BCUT2D eigenvalue weighted by molar-refractivity contribution is 0.103. The summed E-state index contributed by atoms with van der Waals surface area (Å²) in [6.07, 6.45) is 0. The van der Waals surface area contributed by atoms with E-state index in [9.17, 15) is 9.18 Å². The first kappa shape index (κ1) is 12.1. The number of ketones is 1. The summed E-state index contributed by atoms with van der Waals surface area (Å²) < 4.78 is 13.3. The van der Waals surface area contributed by atoms with Crippen LogP contribution in [0.2, 0.25) is 10.0 Å². The Labute approximate surface area is 108 Å². The van der Waals surface area contributed by atoms with Gasteiger partial charge in [-0.15, -0.1) is 0 Å². The van der Waals surface area contributed by atoms with Crippen molar-refractivity contribution in [2.45, 2.75) is 0 Å². The van der Waals surface area contributed by atoms with Gasteiger partial charge in [0.05, 0.1) is 10.0 Å². The maximum Gasteiger partial charge on any atom is 0.193 e. The largest absolute Gasteiger partial charge is 0.289 e. The standard InChI is InChI=1S/C13H7Cl2FO/c14-10-6-9(7-11(16)12(10)15)13(17)8-4-2-1-3-5-8/h1-7H. The van der Waals surface area contributed by atoms with Gasteiger partial charge in [0.1, 0.15) is 5.82 Å². The van der Waals surface area contributed by atoms with E-state index in [1.165, 1.54) is 6.07 Å².